The molecule has 0 atom stereocenters. The van der Waals surface area contributed by atoms with Crippen LogP contribution < -0.4 is 4.90 Å². The van der Waals surface area contributed by atoms with Gasteiger partial charge in [0.1, 0.15) is 5.82 Å². The zero-order valence-electron chi connectivity index (χ0n) is 11.4. The van der Waals surface area contributed by atoms with E-state index in [-0.39, 0.29) is 22.6 Å². The van der Waals surface area contributed by atoms with Gasteiger partial charge in [0.25, 0.3) is 0 Å². The van der Waals surface area contributed by atoms with Crippen molar-refractivity contribution in [1.82, 2.24) is 15.0 Å². The Hall–Kier alpha value is -1.89. The number of hydrogen-bond donors (Lipinski definition) is 0. The fourth-order valence-electron chi connectivity index (χ4n) is 1.80. The molecule has 0 radical (unpaired) electrons. The number of rotatable bonds is 4. The van der Waals surface area contributed by atoms with Crippen molar-refractivity contribution >= 4 is 17.5 Å². The van der Waals surface area contributed by atoms with Gasteiger partial charge in [-0.25, -0.2) is 13.2 Å². The summed E-state index contributed by atoms with van der Waals surface area (Å²) < 4.78 is 40.0. The van der Waals surface area contributed by atoms with Crippen LogP contribution >= 0.6 is 11.6 Å². The van der Waals surface area contributed by atoms with Gasteiger partial charge in [-0.3, -0.25) is 0 Å². The maximum Gasteiger partial charge on any atom is 0.230 e. The van der Waals surface area contributed by atoms with E-state index in [1.807, 2.05) is 13.8 Å². The smallest absolute Gasteiger partial charge is 0.230 e. The highest BCUT2D eigenvalue weighted by Gasteiger charge is 2.17. The van der Waals surface area contributed by atoms with Gasteiger partial charge in [0.05, 0.1) is 5.56 Å². The van der Waals surface area contributed by atoms with E-state index < -0.39 is 17.5 Å². The van der Waals surface area contributed by atoms with Gasteiger partial charge in [0.15, 0.2) is 17.5 Å². The van der Waals surface area contributed by atoms with Crippen LogP contribution in [0.2, 0.25) is 5.28 Å². The first-order chi connectivity index (χ1) is 9.96. The number of nitrogens with zero attached hydrogens (tertiary/aromatic N) is 4. The highest BCUT2D eigenvalue weighted by molar-refractivity contribution is 6.28. The van der Waals surface area contributed by atoms with Gasteiger partial charge in [-0.05, 0) is 31.5 Å². The minimum Gasteiger partial charge on any atom is -0.341 e. The lowest BCUT2D eigenvalue weighted by Crippen LogP contribution is -2.24. The molecule has 0 aliphatic rings. The Morgan fingerprint density at radius 1 is 0.952 bits per heavy atom. The summed E-state index contributed by atoms with van der Waals surface area (Å²) in [6, 6.07) is 1.14. The van der Waals surface area contributed by atoms with Crippen LogP contribution in [-0.2, 0) is 0 Å². The molecule has 0 spiro atoms. The quantitative estimate of drug-likeness (QED) is 0.810. The van der Waals surface area contributed by atoms with E-state index in [9.17, 15) is 13.2 Å². The summed E-state index contributed by atoms with van der Waals surface area (Å²) in [5, 5.41) is -0.147. The summed E-state index contributed by atoms with van der Waals surface area (Å²) in [6.07, 6.45) is 0. The van der Waals surface area contributed by atoms with Crippen molar-refractivity contribution in [3.05, 3.63) is 34.9 Å². The van der Waals surface area contributed by atoms with E-state index in [0.717, 1.165) is 0 Å². The van der Waals surface area contributed by atoms with Gasteiger partial charge in [-0.2, -0.15) is 15.0 Å². The minimum absolute atomic E-state index is 0.145. The van der Waals surface area contributed by atoms with Crippen molar-refractivity contribution in [3.8, 4) is 11.4 Å². The van der Waals surface area contributed by atoms with Crippen LogP contribution in [0.3, 0.4) is 0 Å². The molecule has 0 aliphatic carbocycles. The lowest BCUT2D eigenvalue weighted by atomic mass is 10.2. The van der Waals surface area contributed by atoms with Crippen LogP contribution in [0.25, 0.3) is 11.4 Å². The van der Waals surface area contributed by atoms with Crippen molar-refractivity contribution in [3.63, 3.8) is 0 Å². The van der Waals surface area contributed by atoms with Gasteiger partial charge in [0, 0.05) is 19.2 Å². The fourth-order valence-corrected chi connectivity index (χ4v) is 1.96. The predicted octanol–water partition coefficient (Wildman–Crippen LogP) is 3.46. The first kappa shape index (κ1) is 15.5. The Bertz CT molecular complexity index is 662. The maximum atomic E-state index is 13.8. The van der Waals surface area contributed by atoms with Gasteiger partial charge in [-0.1, -0.05) is 0 Å². The average molecular weight is 317 g/mol. The lowest BCUT2D eigenvalue weighted by Gasteiger charge is -2.18. The Morgan fingerprint density at radius 3 is 2.19 bits per heavy atom. The van der Waals surface area contributed by atoms with Crippen molar-refractivity contribution in [2.75, 3.05) is 18.0 Å². The van der Waals surface area contributed by atoms with E-state index in [0.29, 0.717) is 25.2 Å². The molecule has 1 heterocycles. The molecule has 2 aromatic rings. The second kappa shape index (κ2) is 6.26. The van der Waals surface area contributed by atoms with E-state index in [4.69, 9.17) is 11.6 Å². The van der Waals surface area contributed by atoms with E-state index in [1.165, 1.54) is 0 Å². The summed E-state index contributed by atoms with van der Waals surface area (Å²) in [4.78, 5) is 13.6. The summed E-state index contributed by atoms with van der Waals surface area (Å²) in [5.41, 5.74) is -0.272. The van der Waals surface area contributed by atoms with Crippen LogP contribution in [0.4, 0.5) is 19.1 Å². The van der Waals surface area contributed by atoms with Crippen LogP contribution in [0.15, 0.2) is 12.1 Å². The topological polar surface area (TPSA) is 41.9 Å². The van der Waals surface area contributed by atoms with Gasteiger partial charge in [0.2, 0.25) is 11.2 Å². The molecule has 0 unspecified atom stereocenters. The van der Waals surface area contributed by atoms with Gasteiger partial charge >= 0.3 is 0 Å². The molecule has 21 heavy (non-hydrogen) atoms. The number of benzene rings is 1. The molecule has 0 saturated carbocycles. The van der Waals surface area contributed by atoms with Crippen LogP contribution in [0.5, 0.6) is 0 Å². The van der Waals surface area contributed by atoms with Gasteiger partial charge in [-0.15, -0.1) is 0 Å². The molecule has 2 rings (SSSR count). The summed E-state index contributed by atoms with van der Waals surface area (Å²) in [5.74, 6) is -3.33. The third-order valence-corrected chi connectivity index (χ3v) is 3.06. The van der Waals surface area contributed by atoms with Crippen LogP contribution in [0, 0.1) is 17.5 Å². The largest absolute Gasteiger partial charge is 0.341 e. The standard InChI is InChI=1S/C13H12ClF3N4/c1-3-21(4-2)13-19-11(18-12(14)20-13)7-5-9(16)10(17)6-8(7)15/h5-6H,3-4H2,1-2H3. The van der Waals surface area contributed by atoms with Crippen LogP contribution in [0.1, 0.15) is 13.8 Å². The third kappa shape index (κ3) is 3.24. The molecule has 0 aliphatic heterocycles. The molecule has 1 aromatic carbocycles. The minimum atomic E-state index is -1.28. The van der Waals surface area contributed by atoms with Crippen molar-refractivity contribution in [2.24, 2.45) is 0 Å². The number of anilines is 1. The van der Waals surface area contributed by atoms with Crippen molar-refractivity contribution < 1.29 is 13.2 Å². The Morgan fingerprint density at radius 2 is 1.57 bits per heavy atom. The number of hydrogen-bond acceptors (Lipinski definition) is 4. The van der Waals surface area contributed by atoms with E-state index >= 15 is 0 Å². The van der Waals surface area contributed by atoms with Crippen molar-refractivity contribution in [1.29, 1.82) is 0 Å². The van der Waals surface area contributed by atoms with Gasteiger partial charge < -0.3 is 4.90 Å². The van der Waals surface area contributed by atoms with Crippen molar-refractivity contribution in [2.45, 2.75) is 13.8 Å². The maximum absolute atomic E-state index is 13.8. The van der Waals surface area contributed by atoms with Crippen LogP contribution in [-0.4, -0.2) is 28.0 Å². The summed E-state index contributed by atoms with van der Waals surface area (Å²) in [6.45, 7) is 4.99. The summed E-state index contributed by atoms with van der Waals surface area (Å²) in [7, 11) is 0. The molecule has 0 saturated heterocycles. The average Bonchev–Trinajstić information content (AvgIpc) is 2.43. The molecule has 0 N–H and O–H groups in total. The molecule has 1 aromatic heterocycles. The normalized spacial score (nSPS) is 10.8. The monoisotopic (exact) mass is 316 g/mol. The Kier molecular flexibility index (Phi) is 4.62. The lowest BCUT2D eigenvalue weighted by molar-refractivity contribution is 0.496. The summed E-state index contributed by atoms with van der Waals surface area (Å²) >= 11 is 5.80. The Balaban J connectivity index is 2.57. The highest BCUT2D eigenvalue weighted by Crippen LogP contribution is 2.24. The molecular weight excluding hydrogens is 305 g/mol. The zero-order valence-corrected chi connectivity index (χ0v) is 12.1. The first-order valence-corrected chi connectivity index (χ1v) is 6.65. The predicted molar refractivity (Wildman–Crippen MR) is 73.7 cm³/mol. The molecule has 0 bridgehead atoms. The molecule has 112 valence electrons. The molecule has 0 amide bonds. The van der Waals surface area contributed by atoms with E-state index in [1.54, 1.807) is 4.90 Å². The highest BCUT2D eigenvalue weighted by atomic mass is 35.5. The Labute approximate surface area is 124 Å². The first-order valence-electron chi connectivity index (χ1n) is 6.27. The SMILES string of the molecule is CCN(CC)c1nc(Cl)nc(-c2cc(F)c(F)cc2F)n1. The zero-order chi connectivity index (χ0) is 15.6. The third-order valence-electron chi connectivity index (χ3n) is 2.89. The number of aromatic nitrogens is 3. The second-order valence-electron chi connectivity index (χ2n) is 4.15. The van der Waals surface area contributed by atoms with E-state index in [2.05, 4.69) is 15.0 Å². The second-order valence-corrected chi connectivity index (χ2v) is 4.48. The fraction of sp³-hybridized carbons (Fsp3) is 0.308. The molecular formula is C13H12ClF3N4. The molecule has 4 nitrogen and oxygen atoms in total. The molecule has 8 heteroatoms. The molecule has 0 fully saturated rings. The number of halogens is 4.